The van der Waals surface area contributed by atoms with Crippen LogP contribution in [0.4, 0.5) is 0 Å². The fourth-order valence-corrected chi connectivity index (χ4v) is 2.32. The number of rotatable bonds is 1. The molecular formula is C11H11ClO2. The van der Waals surface area contributed by atoms with Crippen molar-refractivity contribution in [2.75, 3.05) is 0 Å². The van der Waals surface area contributed by atoms with Crippen LogP contribution in [0.2, 0.25) is 0 Å². The van der Waals surface area contributed by atoms with E-state index in [2.05, 4.69) is 0 Å². The van der Waals surface area contributed by atoms with E-state index in [-0.39, 0.29) is 0 Å². The molecule has 1 aliphatic rings. The number of alkyl halides is 1. The van der Waals surface area contributed by atoms with Gasteiger partial charge >= 0.3 is 5.97 Å². The molecule has 0 amide bonds. The number of fused-ring (bicyclic) bond motifs is 1. The third-order valence-electron chi connectivity index (χ3n) is 2.75. The van der Waals surface area contributed by atoms with E-state index in [1.807, 2.05) is 24.3 Å². The number of aryl methyl sites for hydroxylation is 1. The third-order valence-corrected chi connectivity index (χ3v) is 3.30. The highest BCUT2D eigenvalue weighted by Crippen LogP contribution is 2.40. The minimum Gasteiger partial charge on any atom is -0.480 e. The SMILES string of the molecule is O=C(O)[C@]1(Cl)CCCc2ccccc21. The van der Waals surface area contributed by atoms with Gasteiger partial charge < -0.3 is 5.11 Å². The quantitative estimate of drug-likeness (QED) is 0.724. The number of carboxylic acid groups (broad SMARTS) is 1. The lowest BCUT2D eigenvalue weighted by atomic mass is 9.82. The Morgan fingerprint density at radius 2 is 2.14 bits per heavy atom. The average Bonchev–Trinajstić information content (AvgIpc) is 2.18. The number of aliphatic carboxylic acids is 1. The molecule has 1 N–H and O–H groups in total. The first-order valence-electron chi connectivity index (χ1n) is 4.65. The average molecular weight is 211 g/mol. The van der Waals surface area contributed by atoms with E-state index in [4.69, 9.17) is 16.7 Å². The van der Waals surface area contributed by atoms with E-state index in [0.717, 1.165) is 24.0 Å². The lowest BCUT2D eigenvalue weighted by molar-refractivity contribution is -0.140. The number of carboxylic acids is 1. The summed E-state index contributed by atoms with van der Waals surface area (Å²) < 4.78 is 0. The molecule has 0 spiro atoms. The molecule has 1 aromatic carbocycles. The predicted octanol–water partition coefficient (Wildman–Crippen LogP) is 2.54. The second kappa shape index (κ2) is 3.28. The Morgan fingerprint density at radius 1 is 1.43 bits per heavy atom. The Labute approximate surface area is 87.5 Å². The Bertz CT molecular complexity index is 375. The van der Waals surface area contributed by atoms with Crippen LogP contribution < -0.4 is 0 Å². The lowest BCUT2D eigenvalue weighted by Crippen LogP contribution is -2.33. The van der Waals surface area contributed by atoms with Crippen molar-refractivity contribution in [1.82, 2.24) is 0 Å². The van der Waals surface area contributed by atoms with Gasteiger partial charge in [0.15, 0.2) is 4.87 Å². The number of benzene rings is 1. The van der Waals surface area contributed by atoms with Gasteiger partial charge in [-0.05, 0) is 30.4 Å². The molecule has 0 bridgehead atoms. The molecule has 0 aliphatic heterocycles. The second-order valence-corrected chi connectivity index (χ2v) is 4.26. The van der Waals surface area contributed by atoms with Gasteiger partial charge in [-0.2, -0.15) is 0 Å². The molecule has 0 aromatic heterocycles. The molecule has 0 heterocycles. The molecule has 3 heteroatoms. The van der Waals surface area contributed by atoms with Crippen LogP contribution in [0.5, 0.6) is 0 Å². The molecule has 1 aliphatic carbocycles. The maximum atomic E-state index is 11.1. The number of carbonyl (C=O) groups is 1. The molecular weight excluding hydrogens is 200 g/mol. The van der Waals surface area contributed by atoms with Gasteiger partial charge in [-0.25, -0.2) is 4.79 Å². The van der Waals surface area contributed by atoms with Crippen molar-refractivity contribution in [2.45, 2.75) is 24.1 Å². The zero-order valence-corrected chi connectivity index (χ0v) is 8.42. The zero-order chi connectivity index (χ0) is 10.2. The van der Waals surface area contributed by atoms with Gasteiger partial charge in [-0.3, -0.25) is 0 Å². The smallest absolute Gasteiger partial charge is 0.329 e. The zero-order valence-electron chi connectivity index (χ0n) is 7.66. The molecule has 1 aromatic rings. The van der Waals surface area contributed by atoms with Crippen molar-refractivity contribution in [3.63, 3.8) is 0 Å². The first kappa shape index (κ1) is 9.53. The number of hydrogen-bond donors (Lipinski definition) is 1. The van der Waals surface area contributed by atoms with E-state index in [1.165, 1.54) is 0 Å². The molecule has 1 atom stereocenters. The third kappa shape index (κ3) is 1.30. The Morgan fingerprint density at radius 3 is 2.86 bits per heavy atom. The minimum atomic E-state index is -1.20. The topological polar surface area (TPSA) is 37.3 Å². The summed E-state index contributed by atoms with van der Waals surface area (Å²) in [6, 6.07) is 7.53. The van der Waals surface area contributed by atoms with E-state index < -0.39 is 10.8 Å². The van der Waals surface area contributed by atoms with Gasteiger partial charge in [0.1, 0.15) is 0 Å². The summed E-state index contributed by atoms with van der Waals surface area (Å²) in [7, 11) is 0. The maximum absolute atomic E-state index is 11.1. The van der Waals surface area contributed by atoms with E-state index in [0.29, 0.717) is 6.42 Å². The van der Waals surface area contributed by atoms with Crippen molar-refractivity contribution < 1.29 is 9.90 Å². The van der Waals surface area contributed by atoms with Gasteiger partial charge in [0, 0.05) is 0 Å². The summed E-state index contributed by atoms with van der Waals surface area (Å²) >= 11 is 6.14. The van der Waals surface area contributed by atoms with Crippen LogP contribution in [0.15, 0.2) is 24.3 Å². The van der Waals surface area contributed by atoms with E-state index in [1.54, 1.807) is 0 Å². The van der Waals surface area contributed by atoms with Crippen molar-refractivity contribution in [2.24, 2.45) is 0 Å². The first-order chi connectivity index (χ1) is 6.64. The monoisotopic (exact) mass is 210 g/mol. The van der Waals surface area contributed by atoms with Gasteiger partial charge in [-0.15, -0.1) is 11.6 Å². The number of hydrogen-bond acceptors (Lipinski definition) is 1. The van der Waals surface area contributed by atoms with Crippen LogP contribution >= 0.6 is 11.6 Å². The van der Waals surface area contributed by atoms with Gasteiger partial charge in [0.25, 0.3) is 0 Å². The van der Waals surface area contributed by atoms with Crippen LogP contribution in [-0.2, 0) is 16.1 Å². The molecule has 14 heavy (non-hydrogen) atoms. The fourth-order valence-electron chi connectivity index (χ4n) is 2.00. The highest BCUT2D eigenvalue weighted by Gasteiger charge is 2.41. The Balaban J connectivity index is 2.55. The molecule has 0 unspecified atom stereocenters. The molecule has 2 nitrogen and oxygen atoms in total. The summed E-state index contributed by atoms with van der Waals surface area (Å²) in [5.74, 6) is -0.939. The van der Waals surface area contributed by atoms with Crippen molar-refractivity contribution in [3.8, 4) is 0 Å². The molecule has 74 valence electrons. The Hall–Kier alpha value is -1.02. The van der Waals surface area contributed by atoms with Crippen LogP contribution in [0.25, 0.3) is 0 Å². The molecule has 2 rings (SSSR count). The van der Waals surface area contributed by atoms with Gasteiger partial charge in [0.05, 0.1) is 0 Å². The summed E-state index contributed by atoms with van der Waals surface area (Å²) in [5, 5.41) is 9.11. The summed E-state index contributed by atoms with van der Waals surface area (Å²) in [6.07, 6.45) is 2.28. The molecule has 0 radical (unpaired) electrons. The van der Waals surface area contributed by atoms with E-state index >= 15 is 0 Å². The minimum absolute atomic E-state index is 0.515. The van der Waals surface area contributed by atoms with Crippen molar-refractivity contribution in [1.29, 1.82) is 0 Å². The molecule has 0 fully saturated rings. The summed E-state index contributed by atoms with van der Waals surface area (Å²) in [4.78, 5) is 9.91. The molecule has 0 saturated carbocycles. The highest BCUT2D eigenvalue weighted by molar-refractivity contribution is 6.33. The van der Waals surface area contributed by atoms with E-state index in [9.17, 15) is 4.79 Å². The highest BCUT2D eigenvalue weighted by atomic mass is 35.5. The summed E-state index contributed by atoms with van der Waals surface area (Å²) in [6.45, 7) is 0. The van der Waals surface area contributed by atoms with Crippen LogP contribution in [0.3, 0.4) is 0 Å². The maximum Gasteiger partial charge on any atom is 0.329 e. The first-order valence-corrected chi connectivity index (χ1v) is 5.03. The number of halogens is 1. The van der Waals surface area contributed by atoms with Crippen molar-refractivity contribution >= 4 is 17.6 Å². The Kier molecular flexibility index (Phi) is 2.23. The van der Waals surface area contributed by atoms with Crippen LogP contribution in [-0.4, -0.2) is 11.1 Å². The largest absolute Gasteiger partial charge is 0.480 e. The van der Waals surface area contributed by atoms with Crippen LogP contribution in [0.1, 0.15) is 24.0 Å². The predicted molar refractivity (Wildman–Crippen MR) is 54.5 cm³/mol. The van der Waals surface area contributed by atoms with Gasteiger partial charge in [-0.1, -0.05) is 24.3 Å². The van der Waals surface area contributed by atoms with Crippen molar-refractivity contribution in [3.05, 3.63) is 35.4 Å². The summed E-state index contributed by atoms with van der Waals surface area (Å²) in [5.41, 5.74) is 1.83. The normalized spacial score (nSPS) is 25.5. The van der Waals surface area contributed by atoms with Gasteiger partial charge in [0.2, 0.25) is 0 Å². The lowest BCUT2D eigenvalue weighted by Gasteiger charge is -2.29. The second-order valence-electron chi connectivity index (χ2n) is 3.62. The van der Waals surface area contributed by atoms with Crippen LogP contribution in [0, 0.1) is 0 Å². The molecule has 0 saturated heterocycles. The standard InChI is InChI=1S/C11H11ClO2/c12-11(10(13)14)7-3-5-8-4-1-2-6-9(8)11/h1-2,4,6H,3,5,7H2,(H,13,14)/t11-/m0/s1. The fraction of sp³-hybridized carbons (Fsp3) is 0.364.